The summed E-state index contributed by atoms with van der Waals surface area (Å²) in [5, 5.41) is 9.90. The number of methoxy groups -OCH3 is 1. The Morgan fingerprint density at radius 2 is 2.00 bits per heavy atom. The molecule has 6 heteroatoms. The van der Waals surface area contributed by atoms with Gasteiger partial charge in [-0.05, 0) is 30.5 Å². The quantitative estimate of drug-likeness (QED) is 0.879. The number of rotatable bonds is 5. The van der Waals surface area contributed by atoms with Gasteiger partial charge < -0.3 is 19.2 Å². The van der Waals surface area contributed by atoms with Gasteiger partial charge in [0, 0.05) is 26.6 Å². The van der Waals surface area contributed by atoms with Crippen LogP contribution in [0.1, 0.15) is 27.2 Å². The van der Waals surface area contributed by atoms with Gasteiger partial charge in [-0.2, -0.15) is 0 Å². The third-order valence-corrected chi connectivity index (χ3v) is 4.74. The lowest BCUT2D eigenvalue weighted by Crippen LogP contribution is -2.34. The van der Waals surface area contributed by atoms with Gasteiger partial charge in [-0.1, -0.05) is 30.3 Å². The van der Waals surface area contributed by atoms with Crippen LogP contribution in [0.5, 0.6) is 0 Å². The van der Waals surface area contributed by atoms with E-state index < -0.39 is 23.7 Å². The van der Waals surface area contributed by atoms with Crippen molar-refractivity contribution in [2.45, 2.75) is 32.0 Å². The number of aliphatic hydroxyl groups is 1. The third-order valence-electron chi connectivity index (χ3n) is 4.74. The van der Waals surface area contributed by atoms with Gasteiger partial charge in [0.15, 0.2) is 0 Å². The average Bonchev–Trinajstić information content (AvgIpc) is 3.01. The maximum absolute atomic E-state index is 12.7. The SMILES string of the molecule is CO[C@H]1CN(C(=O)c2c(C)cc(CCc3ccccc3)oc2=O)C[C@@H]1O. The van der Waals surface area contributed by atoms with Crippen molar-refractivity contribution in [3.8, 4) is 0 Å². The van der Waals surface area contributed by atoms with Crippen LogP contribution in [0.2, 0.25) is 0 Å². The Morgan fingerprint density at radius 3 is 2.62 bits per heavy atom. The Bertz CT molecular complexity index is 830. The second kappa shape index (κ2) is 7.85. The van der Waals surface area contributed by atoms with Gasteiger partial charge in [-0.15, -0.1) is 0 Å². The first-order valence-electron chi connectivity index (χ1n) is 8.67. The molecule has 0 spiro atoms. The van der Waals surface area contributed by atoms with Crippen LogP contribution in [-0.2, 0) is 17.6 Å². The molecule has 2 aromatic rings. The second-order valence-corrected chi connectivity index (χ2v) is 6.60. The Hall–Kier alpha value is -2.44. The Labute approximate surface area is 152 Å². The van der Waals surface area contributed by atoms with E-state index in [1.54, 1.807) is 13.0 Å². The molecular formula is C20H23NO5. The van der Waals surface area contributed by atoms with E-state index in [4.69, 9.17) is 9.15 Å². The number of hydrogen-bond donors (Lipinski definition) is 1. The van der Waals surface area contributed by atoms with Gasteiger partial charge in [-0.25, -0.2) is 4.79 Å². The summed E-state index contributed by atoms with van der Waals surface area (Å²) in [4.78, 5) is 26.5. The van der Waals surface area contributed by atoms with Crippen LogP contribution in [-0.4, -0.2) is 48.3 Å². The largest absolute Gasteiger partial charge is 0.427 e. The molecule has 2 heterocycles. The van der Waals surface area contributed by atoms with Crippen LogP contribution >= 0.6 is 0 Å². The summed E-state index contributed by atoms with van der Waals surface area (Å²) >= 11 is 0. The van der Waals surface area contributed by atoms with Crippen molar-refractivity contribution >= 4 is 5.91 Å². The van der Waals surface area contributed by atoms with E-state index in [9.17, 15) is 14.7 Å². The number of likely N-dealkylation sites (tertiary alicyclic amines) is 1. The topological polar surface area (TPSA) is 80.0 Å². The monoisotopic (exact) mass is 357 g/mol. The van der Waals surface area contributed by atoms with E-state index in [1.165, 1.54) is 12.0 Å². The molecule has 1 fully saturated rings. The van der Waals surface area contributed by atoms with Crippen molar-refractivity contribution in [1.29, 1.82) is 0 Å². The molecule has 0 radical (unpaired) electrons. The zero-order valence-electron chi connectivity index (χ0n) is 15.0. The summed E-state index contributed by atoms with van der Waals surface area (Å²) in [7, 11) is 1.49. The number of amides is 1. The molecule has 0 bridgehead atoms. The summed E-state index contributed by atoms with van der Waals surface area (Å²) in [6.07, 6.45) is 0.158. The zero-order valence-corrected chi connectivity index (χ0v) is 15.0. The molecule has 1 aromatic carbocycles. The standard InChI is InChI=1S/C20H23NO5/c1-13-10-15(9-8-14-6-4-3-5-7-14)26-20(24)18(13)19(23)21-11-16(22)17(12-21)25-2/h3-7,10,16-17,22H,8-9,11-12H2,1-2H3/t16-,17-/m0/s1. The fourth-order valence-corrected chi connectivity index (χ4v) is 3.28. The van der Waals surface area contributed by atoms with Gasteiger partial charge in [0.25, 0.3) is 5.91 Å². The van der Waals surface area contributed by atoms with Crippen molar-refractivity contribution in [3.63, 3.8) is 0 Å². The number of aliphatic hydroxyl groups excluding tert-OH is 1. The molecular weight excluding hydrogens is 334 g/mol. The fourth-order valence-electron chi connectivity index (χ4n) is 3.28. The highest BCUT2D eigenvalue weighted by Crippen LogP contribution is 2.18. The van der Waals surface area contributed by atoms with Crippen molar-refractivity contribution < 1.29 is 19.1 Å². The first-order chi connectivity index (χ1) is 12.5. The van der Waals surface area contributed by atoms with Crippen molar-refractivity contribution in [2.24, 2.45) is 0 Å². The van der Waals surface area contributed by atoms with Gasteiger partial charge in [-0.3, -0.25) is 4.79 Å². The second-order valence-electron chi connectivity index (χ2n) is 6.60. The molecule has 2 atom stereocenters. The van der Waals surface area contributed by atoms with E-state index in [0.717, 1.165) is 12.0 Å². The van der Waals surface area contributed by atoms with Crippen LogP contribution < -0.4 is 5.63 Å². The number of benzene rings is 1. The minimum Gasteiger partial charge on any atom is -0.427 e. The van der Waals surface area contributed by atoms with Crippen LogP contribution in [0.4, 0.5) is 0 Å². The number of ether oxygens (including phenoxy) is 1. The predicted molar refractivity (Wildman–Crippen MR) is 96.3 cm³/mol. The van der Waals surface area contributed by atoms with Crippen molar-refractivity contribution in [3.05, 3.63) is 69.3 Å². The van der Waals surface area contributed by atoms with E-state index in [1.807, 2.05) is 30.3 Å². The number of carbonyl (C=O) groups is 1. The zero-order chi connectivity index (χ0) is 18.7. The normalized spacial score (nSPS) is 19.7. The molecule has 1 N–H and O–H groups in total. The lowest BCUT2D eigenvalue weighted by Gasteiger charge is -2.16. The van der Waals surface area contributed by atoms with Gasteiger partial charge in [0.05, 0.1) is 6.10 Å². The van der Waals surface area contributed by atoms with E-state index in [-0.39, 0.29) is 18.7 Å². The average molecular weight is 357 g/mol. The van der Waals surface area contributed by atoms with E-state index in [0.29, 0.717) is 17.7 Å². The van der Waals surface area contributed by atoms with Gasteiger partial charge in [0.1, 0.15) is 17.4 Å². The minimum absolute atomic E-state index is 0.0254. The Balaban J connectivity index is 1.75. The molecule has 1 amide bonds. The maximum Gasteiger partial charge on any atom is 0.349 e. The first-order valence-corrected chi connectivity index (χ1v) is 8.67. The molecule has 3 rings (SSSR count). The Kier molecular flexibility index (Phi) is 5.54. The summed E-state index contributed by atoms with van der Waals surface area (Å²) in [5.74, 6) is 0.133. The number of aryl methyl sites for hydroxylation is 3. The maximum atomic E-state index is 12.7. The van der Waals surface area contributed by atoms with Gasteiger partial charge >= 0.3 is 5.63 Å². The van der Waals surface area contributed by atoms with Gasteiger partial charge in [0.2, 0.25) is 0 Å². The van der Waals surface area contributed by atoms with Crippen molar-refractivity contribution in [1.82, 2.24) is 4.90 Å². The smallest absolute Gasteiger partial charge is 0.349 e. The molecule has 1 aromatic heterocycles. The summed E-state index contributed by atoms with van der Waals surface area (Å²) in [6.45, 7) is 2.13. The highest BCUT2D eigenvalue weighted by atomic mass is 16.5. The van der Waals surface area contributed by atoms with Crippen LogP contribution in [0.3, 0.4) is 0 Å². The molecule has 1 aliphatic rings. The van der Waals surface area contributed by atoms with Crippen LogP contribution in [0.25, 0.3) is 0 Å². The van der Waals surface area contributed by atoms with Crippen LogP contribution in [0.15, 0.2) is 45.6 Å². The molecule has 1 saturated heterocycles. The summed E-state index contributed by atoms with van der Waals surface area (Å²) in [5.41, 5.74) is 1.14. The fraction of sp³-hybridized carbons (Fsp3) is 0.400. The minimum atomic E-state index is -0.749. The summed E-state index contributed by atoms with van der Waals surface area (Å²) in [6, 6.07) is 11.7. The lowest BCUT2D eigenvalue weighted by atomic mass is 10.1. The highest BCUT2D eigenvalue weighted by Gasteiger charge is 2.36. The highest BCUT2D eigenvalue weighted by molar-refractivity contribution is 5.95. The lowest BCUT2D eigenvalue weighted by molar-refractivity contribution is 0.0215. The van der Waals surface area contributed by atoms with E-state index in [2.05, 4.69) is 0 Å². The Morgan fingerprint density at radius 1 is 1.27 bits per heavy atom. The molecule has 138 valence electrons. The molecule has 0 aliphatic carbocycles. The molecule has 26 heavy (non-hydrogen) atoms. The molecule has 0 unspecified atom stereocenters. The number of carbonyl (C=O) groups excluding carboxylic acids is 1. The molecule has 6 nitrogen and oxygen atoms in total. The number of hydrogen-bond acceptors (Lipinski definition) is 5. The van der Waals surface area contributed by atoms with Crippen LogP contribution in [0, 0.1) is 6.92 Å². The molecule has 0 saturated carbocycles. The third kappa shape index (κ3) is 3.86. The number of nitrogens with zero attached hydrogens (tertiary/aromatic N) is 1. The summed E-state index contributed by atoms with van der Waals surface area (Å²) < 4.78 is 10.5. The molecule has 1 aliphatic heterocycles. The first kappa shape index (κ1) is 18.4. The number of β-amino-alcohol motifs (C(OH)–C–C–N with tert-alkyl or cyclic N) is 1. The van der Waals surface area contributed by atoms with Crippen molar-refractivity contribution in [2.75, 3.05) is 20.2 Å². The predicted octanol–water partition coefficient (Wildman–Crippen LogP) is 1.57. The van der Waals surface area contributed by atoms with E-state index >= 15 is 0 Å².